The predicted molar refractivity (Wildman–Crippen MR) is 82.6 cm³/mol. The van der Waals surface area contributed by atoms with Crippen molar-refractivity contribution in [3.8, 4) is 11.4 Å². The molecule has 6 heteroatoms. The van der Waals surface area contributed by atoms with E-state index in [1.54, 1.807) is 6.07 Å². The van der Waals surface area contributed by atoms with Gasteiger partial charge in [-0.1, -0.05) is 17.7 Å². The van der Waals surface area contributed by atoms with Gasteiger partial charge in [-0.15, -0.1) is 0 Å². The number of halogens is 4. The maximum atomic E-state index is 13.8. The lowest BCUT2D eigenvalue weighted by atomic mass is 10.1. The molecule has 0 radical (unpaired) electrons. The average molecular weight is 403 g/mol. The van der Waals surface area contributed by atoms with E-state index in [0.717, 1.165) is 9.64 Å². The zero-order valence-corrected chi connectivity index (χ0v) is 12.8. The van der Waals surface area contributed by atoms with Crippen LogP contribution in [0, 0.1) is 15.2 Å². The summed E-state index contributed by atoms with van der Waals surface area (Å²) in [5.74, 6) is -1.85. The van der Waals surface area contributed by atoms with Gasteiger partial charge in [0, 0.05) is 8.96 Å². The Bertz CT molecular complexity index is 824. The van der Waals surface area contributed by atoms with Crippen molar-refractivity contribution in [2.75, 3.05) is 0 Å². The Kier molecular flexibility index (Phi) is 3.55. The fraction of sp³-hybridized carbons (Fsp3) is 0. The molecule has 0 fully saturated rings. The molecule has 0 aliphatic rings. The third kappa shape index (κ3) is 2.35. The van der Waals surface area contributed by atoms with Crippen LogP contribution in [0.3, 0.4) is 0 Å². The number of hydrogen-bond acceptors (Lipinski definition) is 2. The van der Waals surface area contributed by atoms with Gasteiger partial charge in [0.1, 0.15) is 5.15 Å². The first-order chi connectivity index (χ1) is 9.56. The van der Waals surface area contributed by atoms with Gasteiger partial charge in [0.2, 0.25) is 0 Å². The smallest absolute Gasteiger partial charge is 0.169 e. The van der Waals surface area contributed by atoms with Crippen LogP contribution in [0.1, 0.15) is 0 Å². The Balaban J connectivity index is 2.28. The van der Waals surface area contributed by atoms with E-state index in [0.29, 0.717) is 10.9 Å². The molecule has 0 unspecified atom stereocenters. The second kappa shape index (κ2) is 5.21. The molecule has 0 saturated carbocycles. The highest BCUT2D eigenvalue weighted by Crippen LogP contribution is 2.28. The molecule has 0 atom stereocenters. The van der Waals surface area contributed by atoms with Gasteiger partial charge in [-0.3, -0.25) is 0 Å². The summed E-state index contributed by atoms with van der Waals surface area (Å²) < 4.78 is 28.0. The van der Waals surface area contributed by atoms with Crippen LogP contribution in [0.4, 0.5) is 8.78 Å². The molecule has 100 valence electrons. The minimum atomic E-state index is -0.978. The zero-order valence-electron chi connectivity index (χ0n) is 9.87. The largest absolute Gasteiger partial charge is 0.228 e. The Morgan fingerprint density at radius 3 is 2.65 bits per heavy atom. The lowest BCUT2D eigenvalue weighted by molar-refractivity contribution is 0.510. The van der Waals surface area contributed by atoms with Gasteiger partial charge in [-0.05, 0) is 52.9 Å². The fourth-order valence-electron chi connectivity index (χ4n) is 1.86. The number of fused-ring (bicyclic) bond motifs is 1. The number of benzene rings is 2. The van der Waals surface area contributed by atoms with E-state index in [2.05, 4.69) is 32.6 Å². The zero-order chi connectivity index (χ0) is 14.3. The summed E-state index contributed by atoms with van der Waals surface area (Å²) in [5.41, 5.74) is 0.580. The molecule has 0 saturated heterocycles. The fourth-order valence-corrected chi connectivity index (χ4v) is 2.58. The van der Waals surface area contributed by atoms with Crippen molar-refractivity contribution < 1.29 is 8.78 Å². The minimum absolute atomic E-state index is 0.00708. The second-order valence-electron chi connectivity index (χ2n) is 4.10. The van der Waals surface area contributed by atoms with Crippen molar-refractivity contribution in [3.05, 3.63) is 56.8 Å². The quantitative estimate of drug-likeness (QED) is 0.430. The number of nitrogens with zero attached hydrogens (tertiary/aromatic N) is 2. The highest BCUT2D eigenvalue weighted by molar-refractivity contribution is 14.1. The highest BCUT2D eigenvalue weighted by atomic mass is 127. The van der Waals surface area contributed by atoms with Gasteiger partial charge in [0.15, 0.2) is 17.5 Å². The molecule has 0 aliphatic carbocycles. The van der Waals surface area contributed by atoms with Crippen LogP contribution in [-0.4, -0.2) is 9.97 Å². The van der Waals surface area contributed by atoms with Crippen LogP contribution in [-0.2, 0) is 0 Å². The summed E-state index contributed by atoms with van der Waals surface area (Å²) in [6.07, 6.45) is 0. The lowest BCUT2D eigenvalue weighted by Gasteiger charge is -2.06. The summed E-state index contributed by atoms with van der Waals surface area (Å²) in [6.45, 7) is 0. The van der Waals surface area contributed by atoms with Crippen molar-refractivity contribution in [2.45, 2.75) is 0 Å². The van der Waals surface area contributed by atoms with Crippen molar-refractivity contribution in [2.24, 2.45) is 0 Å². The molecule has 0 aliphatic heterocycles. The molecule has 1 aromatic heterocycles. The standard InChI is InChI=1S/C14H6ClF2IN2/c15-13-9-6-7(18)4-5-11(9)19-14(20-13)8-2-1-3-10(16)12(8)17/h1-6H. The number of hydrogen-bond donors (Lipinski definition) is 0. The third-order valence-electron chi connectivity index (χ3n) is 2.80. The van der Waals surface area contributed by atoms with E-state index < -0.39 is 11.6 Å². The molecule has 0 N–H and O–H groups in total. The van der Waals surface area contributed by atoms with Gasteiger partial charge in [-0.25, -0.2) is 18.7 Å². The maximum Gasteiger partial charge on any atom is 0.169 e. The summed E-state index contributed by atoms with van der Waals surface area (Å²) in [4.78, 5) is 8.30. The molecule has 3 rings (SSSR count). The Labute approximate surface area is 132 Å². The lowest BCUT2D eigenvalue weighted by Crippen LogP contribution is -1.96. The van der Waals surface area contributed by atoms with E-state index >= 15 is 0 Å². The van der Waals surface area contributed by atoms with Crippen LogP contribution in [0.15, 0.2) is 36.4 Å². The van der Waals surface area contributed by atoms with Crippen molar-refractivity contribution in [1.29, 1.82) is 0 Å². The highest BCUT2D eigenvalue weighted by Gasteiger charge is 2.14. The maximum absolute atomic E-state index is 13.8. The minimum Gasteiger partial charge on any atom is -0.228 e. The molecule has 20 heavy (non-hydrogen) atoms. The van der Waals surface area contributed by atoms with E-state index in [-0.39, 0.29) is 16.5 Å². The van der Waals surface area contributed by atoms with Crippen LogP contribution in [0.2, 0.25) is 5.15 Å². The molecule has 0 spiro atoms. The normalized spacial score (nSPS) is 11.0. The summed E-state index contributed by atoms with van der Waals surface area (Å²) >= 11 is 8.26. The van der Waals surface area contributed by atoms with Crippen molar-refractivity contribution in [3.63, 3.8) is 0 Å². The first-order valence-electron chi connectivity index (χ1n) is 5.63. The van der Waals surface area contributed by atoms with Gasteiger partial charge in [-0.2, -0.15) is 0 Å². The van der Waals surface area contributed by atoms with E-state index in [1.165, 1.54) is 12.1 Å². The van der Waals surface area contributed by atoms with Crippen LogP contribution in [0.5, 0.6) is 0 Å². The first kappa shape index (κ1) is 13.6. The Hall–Kier alpha value is -1.34. The molecule has 3 aromatic rings. The summed E-state index contributed by atoms with van der Waals surface area (Å²) in [7, 11) is 0. The van der Waals surface area contributed by atoms with Crippen molar-refractivity contribution in [1.82, 2.24) is 9.97 Å². The second-order valence-corrected chi connectivity index (χ2v) is 5.70. The topological polar surface area (TPSA) is 25.8 Å². The Morgan fingerprint density at radius 1 is 1.05 bits per heavy atom. The molecular weight excluding hydrogens is 397 g/mol. The molecule has 1 heterocycles. The number of aromatic nitrogens is 2. The monoisotopic (exact) mass is 402 g/mol. The van der Waals surface area contributed by atoms with E-state index in [9.17, 15) is 8.78 Å². The van der Waals surface area contributed by atoms with Gasteiger partial charge in [0.25, 0.3) is 0 Å². The third-order valence-corrected chi connectivity index (χ3v) is 3.76. The molecular formula is C14H6ClF2IN2. The van der Waals surface area contributed by atoms with Gasteiger partial charge >= 0.3 is 0 Å². The average Bonchev–Trinajstić information content (AvgIpc) is 2.42. The molecule has 0 amide bonds. The van der Waals surface area contributed by atoms with E-state index in [1.807, 2.05) is 12.1 Å². The van der Waals surface area contributed by atoms with Crippen LogP contribution < -0.4 is 0 Å². The number of rotatable bonds is 1. The predicted octanol–water partition coefficient (Wildman–Crippen LogP) is 4.83. The summed E-state index contributed by atoms with van der Waals surface area (Å²) in [5, 5.41) is 0.895. The van der Waals surface area contributed by atoms with Gasteiger partial charge < -0.3 is 0 Å². The SMILES string of the molecule is Fc1cccc(-c2nc(Cl)c3cc(I)ccc3n2)c1F. The molecule has 2 aromatic carbocycles. The Morgan fingerprint density at radius 2 is 1.85 bits per heavy atom. The molecule has 0 bridgehead atoms. The molecule has 2 nitrogen and oxygen atoms in total. The van der Waals surface area contributed by atoms with Crippen LogP contribution in [0.25, 0.3) is 22.3 Å². The summed E-state index contributed by atoms with van der Waals surface area (Å²) in [6, 6.07) is 9.34. The van der Waals surface area contributed by atoms with Gasteiger partial charge in [0.05, 0.1) is 11.1 Å². The first-order valence-corrected chi connectivity index (χ1v) is 7.09. The van der Waals surface area contributed by atoms with Crippen LogP contribution >= 0.6 is 34.2 Å². The van der Waals surface area contributed by atoms with E-state index in [4.69, 9.17) is 11.6 Å². The van der Waals surface area contributed by atoms with Crippen molar-refractivity contribution >= 4 is 45.1 Å².